The van der Waals surface area contributed by atoms with Crippen molar-refractivity contribution in [1.29, 1.82) is 0 Å². The van der Waals surface area contributed by atoms with Gasteiger partial charge in [0.25, 0.3) is 0 Å². The second-order valence-electron chi connectivity index (χ2n) is 6.50. The number of nitrogens with zero attached hydrogens (tertiary/aromatic N) is 1. The average Bonchev–Trinajstić information content (AvgIpc) is 2.65. The number of carbonyl (C=O) groups is 3. The summed E-state index contributed by atoms with van der Waals surface area (Å²) in [5.41, 5.74) is 7.37. The summed E-state index contributed by atoms with van der Waals surface area (Å²) in [5, 5.41) is 2.68. The van der Waals surface area contributed by atoms with Crippen molar-refractivity contribution in [3.63, 3.8) is 0 Å². The van der Waals surface area contributed by atoms with Crippen molar-refractivity contribution in [1.82, 2.24) is 10.2 Å². The molecule has 0 aromatic heterocycles. The smallest absolute Gasteiger partial charge is 0.245 e. The van der Waals surface area contributed by atoms with Gasteiger partial charge in [0.1, 0.15) is 12.1 Å². The van der Waals surface area contributed by atoms with E-state index in [1.165, 1.54) is 11.8 Å². The van der Waals surface area contributed by atoms with Gasteiger partial charge in [0, 0.05) is 26.8 Å². The zero-order valence-electron chi connectivity index (χ0n) is 15.6. The van der Waals surface area contributed by atoms with Crippen LogP contribution in [0.3, 0.4) is 0 Å². The molecule has 0 bridgehead atoms. The lowest BCUT2D eigenvalue weighted by molar-refractivity contribution is -0.140. The molecule has 3 N–H and O–H groups in total. The molecule has 0 aliphatic carbocycles. The van der Waals surface area contributed by atoms with E-state index in [1.54, 1.807) is 7.05 Å². The van der Waals surface area contributed by atoms with E-state index >= 15 is 0 Å². The predicted molar refractivity (Wildman–Crippen MR) is 104 cm³/mol. The molecule has 2 aromatic carbocycles. The average molecular weight is 367 g/mol. The third-order valence-corrected chi connectivity index (χ3v) is 4.37. The highest BCUT2D eigenvalue weighted by atomic mass is 16.2. The number of nitrogens with two attached hydrogens (primary N) is 1. The summed E-state index contributed by atoms with van der Waals surface area (Å²) in [7, 11) is 1.54. The molecule has 0 spiro atoms. The fourth-order valence-electron chi connectivity index (χ4n) is 2.96. The van der Waals surface area contributed by atoms with Gasteiger partial charge in [-0.15, -0.1) is 0 Å². The van der Waals surface area contributed by atoms with Crippen molar-refractivity contribution in [3.05, 3.63) is 71.8 Å². The van der Waals surface area contributed by atoms with Crippen LogP contribution in [-0.4, -0.2) is 41.8 Å². The van der Waals surface area contributed by atoms with Crippen molar-refractivity contribution >= 4 is 17.7 Å². The number of likely N-dealkylation sites (N-methyl/N-ethyl adjacent to an activating group) is 1. The first-order valence-electron chi connectivity index (χ1n) is 8.79. The van der Waals surface area contributed by atoms with Crippen LogP contribution >= 0.6 is 0 Å². The number of amides is 3. The van der Waals surface area contributed by atoms with E-state index in [0.29, 0.717) is 12.8 Å². The first-order valence-corrected chi connectivity index (χ1v) is 8.79. The van der Waals surface area contributed by atoms with Gasteiger partial charge in [-0.2, -0.15) is 0 Å². The molecule has 0 radical (unpaired) electrons. The monoisotopic (exact) mass is 367 g/mol. The van der Waals surface area contributed by atoms with E-state index in [9.17, 15) is 14.4 Å². The largest absolute Gasteiger partial charge is 0.368 e. The van der Waals surface area contributed by atoms with E-state index < -0.39 is 18.0 Å². The number of benzene rings is 2. The lowest BCUT2D eigenvalue weighted by Gasteiger charge is -2.30. The van der Waals surface area contributed by atoms with E-state index in [1.807, 2.05) is 60.7 Å². The molecular formula is C21H25N3O3. The number of hydrogen-bond donors (Lipinski definition) is 2. The van der Waals surface area contributed by atoms with E-state index in [-0.39, 0.29) is 11.8 Å². The van der Waals surface area contributed by atoms with Crippen LogP contribution in [0.1, 0.15) is 18.1 Å². The summed E-state index contributed by atoms with van der Waals surface area (Å²) in [6.07, 6.45) is 0.650. The summed E-state index contributed by atoms with van der Waals surface area (Å²) >= 11 is 0. The Hall–Kier alpha value is -3.15. The fourth-order valence-corrected chi connectivity index (χ4v) is 2.96. The topological polar surface area (TPSA) is 92.5 Å². The third-order valence-electron chi connectivity index (χ3n) is 4.37. The molecule has 0 saturated carbocycles. The van der Waals surface area contributed by atoms with Gasteiger partial charge in [-0.05, 0) is 11.1 Å². The van der Waals surface area contributed by atoms with E-state index in [0.717, 1.165) is 11.1 Å². The molecule has 0 fully saturated rings. The Kier molecular flexibility index (Phi) is 7.11. The minimum atomic E-state index is -0.799. The molecular weight excluding hydrogens is 342 g/mol. The van der Waals surface area contributed by atoms with Gasteiger partial charge < -0.3 is 16.0 Å². The highest BCUT2D eigenvalue weighted by Gasteiger charge is 2.30. The Balaban J connectivity index is 2.19. The van der Waals surface area contributed by atoms with Gasteiger partial charge in [-0.1, -0.05) is 60.7 Å². The van der Waals surface area contributed by atoms with Crippen molar-refractivity contribution in [3.8, 4) is 0 Å². The highest BCUT2D eigenvalue weighted by Crippen LogP contribution is 2.12. The molecule has 0 aliphatic rings. The summed E-state index contributed by atoms with van der Waals surface area (Å²) in [5.74, 6) is -1.25. The van der Waals surface area contributed by atoms with Crippen LogP contribution in [0.5, 0.6) is 0 Å². The molecule has 2 aromatic rings. The van der Waals surface area contributed by atoms with Crippen molar-refractivity contribution < 1.29 is 14.4 Å². The van der Waals surface area contributed by atoms with Crippen LogP contribution in [0.2, 0.25) is 0 Å². The summed E-state index contributed by atoms with van der Waals surface area (Å²) in [6.45, 7) is 1.36. The maximum Gasteiger partial charge on any atom is 0.245 e. The molecule has 0 saturated heterocycles. The maximum absolute atomic E-state index is 13.0. The zero-order valence-corrected chi connectivity index (χ0v) is 15.6. The summed E-state index contributed by atoms with van der Waals surface area (Å²) < 4.78 is 0. The number of nitrogens with one attached hydrogen (secondary N) is 1. The van der Waals surface area contributed by atoms with Gasteiger partial charge >= 0.3 is 0 Å². The lowest BCUT2D eigenvalue weighted by atomic mass is 10.0. The SMILES string of the molecule is CC(=O)N[C@H](Cc1ccccc1)C(=O)N(C)[C@H](Cc1ccccc1)C(N)=O. The van der Waals surface area contributed by atoms with E-state index in [4.69, 9.17) is 5.73 Å². The Morgan fingerprint density at radius 2 is 1.41 bits per heavy atom. The number of carbonyl (C=O) groups excluding carboxylic acids is 3. The van der Waals surface area contributed by atoms with Crippen LogP contribution in [0, 0.1) is 0 Å². The summed E-state index contributed by atoms with van der Waals surface area (Å²) in [4.78, 5) is 37.9. The molecule has 142 valence electrons. The molecule has 6 nitrogen and oxygen atoms in total. The van der Waals surface area contributed by atoms with Gasteiger partial charge in [0.15, 0.2) is 0 Å². The molecule has 0 heterocycles. The highest BCUT2D eigenvalue weighted by molar-refractivity contribution is 5.91. The van der Waals surface area contributed by atoms with Crippen LogP contribution in [0.25, 0.3) is 0 Å². The molecule has 3 amide bonds. The molecule has 27 heavy (non-hydrogen) atoms. The number of primary amides is 1. The summed E-state index contributed by atoms with van der Waals surface area (Å²) in [6, 6.07) is 17.2. The second kappa shape index (κ2) is 9.52. The van der Waals surface area contributed by atoms with Gasteiger partial charge in [0.05, 0.1) is 0 Å². The number of hydrogen-bond acceptors (Lipinski definition) is 3. The van der Waals surface area contributed by atoms with Gasteiger partial charge in [0.2, 0.25) is 17.7 Å². The van der Waals surface area contributed by atoms with Gasteiger partial charge in [-0.25, -0.2) is 0 Å². The molecule has 0 aliphatic heterocycles. The lowest BCUT2D eigenvalue weighted by Crippen LogP contribution is -2.54. The molecule has 2 atom stereocenters. The zero-order chi connectivity index (χ0) is 19.8. The molecule has 2 rings (SSSR count). The third kappa shape index (κ3) is 5.95. The minimum absolute atomic E-state index is 0.309. The molecule has 6 heteroatoms. The first kappa shape index (κ1) is 20.2. The standard InChI is InChI=1S/C21H25N3O3/c1-15(25)23-18(13-16-9-5-3-6-10-16)21(27)24(2)19(20(22)26)14-17-11-7-4-8-12-17/h3-12,18-19H,13-14H2,1-2H3,(H2,22,26)(H,23,25)/t18-,19-/m1/s1. The van der Waals surface area contributed by atoms with Crippen molar-refractivity contribution in [2.75, 3.05) is 7.05 Å². The maximum atomic E-state index is 13.0. The Bertz CT molecular complexity index is 778. The van der Waals surface area contributed by atoms with Crippen LogP contribution in [-0.2, 0) is 27.2 Å². The van der Waals surface area contributed by atoms with Crippen LogP contribution < -0.4 is 11.1 Å². The van der Waals surface area contributed by atoms with Crippen molar-refractivity contribution in [2.24, 2.45) is 5.73 Å². The number of rotatable bonds is 8. The quantitative estimate of drug-likeness (QED) is 0.736. The van der Waals surface area contributed by atoms with Crippen LogP contribution in [0.4, 0.5) is 0 Å². The normalized spacial score (nSPS) is 12.7. The Labute approximate surface area is 159 Å². The van der Waals surface area contributed by atoms with Crippen molar-refractivity contribution in [2.45, 2.75) is 31.8 Å². The first-order chi connectivity index (χ1) is 12.9. The Morgan fingerprint density at radius 3 is 1.85 bits per heavy atom. The molecule has 0 unspecified atom stereocenters. The van der Waals surface area contributed by atoms with Gasteiger partial charge in [-0.3, -0.25) is 14.4 Å². The van der Waals surface area contributed by atoms with Crippen LogP contribution in [0.15, 0.2) is 60.7 Å². The van der Waals surface area contributed by atoms with E-state index in [2.05, 4.69) is 5.32 Å². The fraction of sp³-hybridized carbons (Fsp3) is 0.286. The minimum Gasteiger partial charge on any atom is -0.368 e. The Morgan fingerprint density at radius 1 is 0.926 bits per heavy atom. The predicted octanol–water partition coefficient (Wildman–Crippen LogP) is 1.29. The second-order valence-corrected chi connectivity index (χ2v) is 6.50.